The van der Waals surface area contributed by atoms with E-state index < -0.39 is 0 Å². The zero-order chi connectivity index (χ0) is 27.9. The van der Waals surface area contributed by atoms with Gasteiger partial charge in [0.25, 0.3) is 0 Å². The lowest BCUT2D eigenvalue weighted by molar-refractivity contribution is 1.05. The van der Waals surface area contributed by atoms with Gasteiger partial charge in [-0.3, -0.25) is 9.97 Å². The third-order valence-electron chi connectivity index (χ3n) is 7.27. The van der Waals surface area contributed by atoms with Gasteiger partial charge in [0.15, 0.2) is 23.3 Å². The Morgan fingerprint density at radius 1 is 0.405 bits per heavy atom. The second-order valence-corrected chi connectivity index (χ2v) is 9.76. The number of hydrogen-bond acceptors (Lipinski definition) is 8. The van der Waals surface area contributed by atoms with Gasteiger partial charge in [0.2, 0.25) is 0 Å². The van der Waals surface area contributed by atoms with Crippen molar-refractivity contribution in [2.75, 3.05) is 0 Å². The number of aromatic nitrogens is 8. The smallest absolute Gasteiger partial charge is 0.181 e. The Hall–Kier alpha value is -6.02. The fourth-order valence-electron chi connectivity index (χ4n) is 5.36. The van der Waals surface area contributed by atoms with Gasteiger partial charge in [-0.15, -0.1) is 0 Å². The summed E-state index contributed by atoms with van der Waals surface area (Å²) in [7, 11) is 0. The van der Waals surface area contributed by atoms with E-state index in [1.165, 1.54) is 11.7 Å². The van der Waals surface area contributed by atoms with Crippen molar-refractivity contribution >= 4 is 32.3 Å². The maximum atomic E-state index is 4.80. The van der Waals surface area contributed by atoms with Crippen molar-refractivity contribution in [1.82, 2.24) is 39.9 Å². The normalized spacial score (nSPS) is 11.3. The molecular formula is C34H20N8. The highest BCUT2D eigenvalue weighted by atomic mass is 15.0. The standard InChI is InChI=1S/C34H20N8/c1-2-8-26-25(7-1)27(32-38-20-40-34(42-32)29-10-4-6-16-36-29)18-22-12-11-21-17-23(13-14-24(21)30(22)26)31-37-19-39-33(41-31)28-9-3-5-15-35-28/h1-20H. The quantitative estimate of drug-likeness (QED) is 0.220. The number of fused-ring (bicyclic) bond motifs is 5. The number of pyridine rings is 2. The minimum Gasteiger partial charge on any atom is -0.253 e. The average Bonchev–Trinajstić information content (AvgIpc) is 3.08. The van der Waals surface area contributed by atoms with E-state index in [-0.39, 0.29) is 0 Å². The molecule has 0 atom stereocenters. The van der Waals surface area contributed by atoms with Crippen LogP contribution < -0.4 is 0 Å². The van der Waals surface area contributed by atoms with Crippen molar-refractivity contribution in [3.8, 4) is 45.8 Å². The minimum absolute atomic E-state index is 0.542. The fourth-order valence-corrected chi connectivity index (χ4v) is 5.36. The van der Waals surface area contributed by atoms with E-state index in [1.54, 1.807) is 18.7 Å². The Balaban J connectivity index is 1.28. The van der Waals surface area contributed by atoms with Gasteiger partial charge in [-0.25, -0.2) is 29.9 Å². The van der Waals surface area contributed by atoms with Crippen LogP contribution in [0.4, 0.5) is 0 Å². The van der Waals surface area contributed by atoms with E-state index in [9.17, 15) is 0 Å². The van der Waals surface area contributed by atoms with Gasteiger partial charge in [0, 0.05) is 23.5 Å². The van der Waals surface area contributed by atoms with E-state index >= 15 is 0 Å². The van der Waals surface area contributed by atoms with Crippen molar-refractivity contribution < 1.29 is 0 Å². The van der Waals surface area contributed by atoms with Crippen molar-refractivity contribution in [1.29, 1.82) is 0 Å². The highest BCUT2D eigenvalue weighted by Crippen LogP contribution is 2.38. The molecule has 8 rings (SSSR count). The summed E-state index contributed by atoms with van der Waals surface area (Å²) in [5.41, 5.74) is 3.27. The summed E-state index contributed by atoms with van der Waals surface area (Å²) in [4.78, 5) is 36.0. The summed E-state index contributed by atoms with van der Waals surface area (Å²) < 4.78 is 0. The van der Waals surface area contributed by atoms with Crippen molar-refractivity contribution in [2.45, 2.75) is 0 Å². The number of nitrogens with zero attached hydrogens (tertiary/aromatic N) is 8. The minimum atomic E-state index is 0.542. The molecule has 0 unspecified atom stereocenters. The molecule has 4 aromatic carbocycles. The summed E-state index contributed by atoms with van der Waals surface area (Å²) >= 11 is 0. The first-order valence-electron chi connectivity index (χ1n) is 13.4. The van der Waals surface area contributed by atoms with Gasteiger partial charge in [0.05, 0.1) is 0 Å². The first-order valence-corrected chi connectivity index (χ1v) is 13.4. The summed E-state index contributed by atoms with van der Waals surface area (Å²) in [6.45, 7) is 0. The molecule has 0 N–H and O–H groups in total. The van der Waals surface area contributed by atoms with Gasteiger partial charge >= 0.3 is 0 Å². The van der Waals surface area contributed by atoms with Crippen LogP contribution >= 0.6 is 0 Å². The molecule has 0 fully saturated rings. The maximum Gasteiger partial charge on any atom is 0.181 e. The molecule has 0 spiro atoms. The second kappa shape index (κ2) is 9.87. The number of hydrogen-bond donors (Lipinski definition) is 0. The molecule has 4 heterocycles. The highest BCUT2D eigenvalue weighted by Gasteiger charge is 2.15. The molecule has 0 aliphatic carbocycles. The van der Waals surface area contributed by atoms with Crippen molar-refractivity contribution in [3.63, 3.8) is 0 Å². The molecule has 0 aliphatic heterocycles. The molecule has 4 aromatic heterocycles. The summed E-state index contributed by atoms with van der Waals surface area (Å²) in [5, 5.41) is 6.69. The predicted molar refractivity (Wildman–Crippen MR) is 163 cm³/mol. The lowest BCUT2D eigenvalue weighted by Crippen LogP contribution is -1.97. The van der Waals surface area contributed by atoms with Gasteiger partial charge in [0.1, 0.15) is 24.0 Å². The van der Waals surface area contributed by atoms with Crippen molar-refractivity contribution in [3.05, 3.63) is 122 Å². The summed E-state index contributed by atoms with van der Waals surface area (Å²) in [6.07, 6.45) is 6.55. The SMILES string of the molecule is c1ccc(-c2ncnc(-c3ccc4c(ccc5cc(-c6ncnc(-c7ccccn7)n6)c6ccccc6c54)c3)n2)nc1. The van der Waals surface area contributed by atoms with Gasteiger partial charge in [-0.2, -0.15) is 0 Å². The summed E-state index contributed by atoms with van der Waals surface area (Å²) in [5.74, 6) is 2.30. The molecule has 196 valence electrons. The van der Waals surface area contributed by atoms with Crippen LogP contribution in [-0.2, 0) is 0 Å². The number of benzene rings is 4. The summed E-state index contributed by atoms with van der Waals surface area (Å²) in [6, 6.07) is 32.5. The Kier molecular flexibility index (Phi) is 5.60. The van der Waals surface area contributed by atoms with Crippen LogP contribution in [0.2, 0.25) is 0 Å². The van der Waals surface area contributed by atoms with Crippen LogP contribution in [0.25, 0.3) is 78.1 Å². The fraction of sp³-hybridized carbons (Fsp3) is 0. The van der Waals surface area contributed by atoms with Gasteiger partial charge in [-0.05, 0) is 68.7 Å². The average molecular weight is 541 g/mol. The molecule has 0 saturated heterocycles. The lowest BCUT2D eigenvalue weighted by atomic mass is 9.92. The maximum absolute atomic E-state index is 4.80. The van der Waals surface area contributed by atoms with Crippen LogP contribution in [0.1, 0.15) is 0 Å². The molecule has 8 nitrogen and oxygen atoms in total. The topological polar surface area (TPSA) is 103 Å². The first-order chi connectivity index (χ1) is 20.8. The van der Waals surface area contributed by atoms with E-state index in [4.69, 9.17) is 9.97 Å². The van der Waals surface area contributed by atoms with Crippen LogP contribution in [0.15, 0.2) is 122 Å². The van der Waals surface area contributed by atoms with E-state index in [2.05, 4.69) is 84.5 Å². The monoisotopic (exact) mass is 540 g/mol. The molecule has 0 saturated carbocycles. The van der Waals surface area contributed by atoms with E-state index in [0.29, 0.717) is 34.7 Å². The molecule has 8 aromatic rings. The molecule has 8 heteroatoms. The Morgan fingerprint density at radius 3 is 1.74 bits per heavy atom. The molecular weight excluding hydrogens is 520 g/mol. The van der Waals surface area contributed by atoms with E-state index in [1.807, 2.05) is 42.5 Å². The zero-order valence-electron chi connectivity index (χ0n) is 22.1. The van der Waals surface area contributed by atoms with Gasteiger partial charge < -0.3 is 0 Å². The Labute approximate surface area is 239 Å². The number of rotatable bonds is 4. The molecule has 42 heavy (non-hydrogen) atoms. The third-order valence-corrected chi connectivity index (χ3v) is 7.27. The predicted octanol–water partition coefficient (Wildman–Crippen LogP) is 6.97. The van der Waals surface area contributed by atoms with Crippen LogP contribution in [0.3, 0.4) is 0 Å². The zero-order valence-corrected chi connectivity index (χ0v) is 22.1. The van der Waals surface area contributed by atoms with Gasteiger partial charge in [-0.1, -0.05) is 60.7 Å². The van der Waals surface area contributed by atoms with Crippen LogP contribution in [0, 0.1) is 0 Å². The van der Waals surface area contributed by atoms with Crippen molar-refractivity contribution in [2.24, 2.45) is 0 Å². The first kappa shape index (κ1) is 23.8. The Bertz CT molecular complexity index is 2250. The highest BCUT2D eigenvalue weighted by molar-refractivity contribution is 6.23. The Morgan fingerprint density at radius 2 is 1.02 bits per heavy atom. The molecule has 0 bridgehead atoms. The second-order valence-electron chi connectivity index (χ2n) is 9.76. The molecule has 0 amide bonds. The van der Waals surface area contributed by atoms with Crippen LogP contribution in [-0.4, -0.2) is 39.9 Å². The molecule has 0 aliphatic rings. The molecule has 0 radical (unpaired) electrons. The largest absolute Gasteiger partial charge is 0.253 e. The van der Waals surface area contributed by atoms with Crippen LogP contribution in [0.5, 0.6) is 0 Å². The third kappa shape index (κ3) is 4.10. The lowest BCUT2D eigenvalue weighted by Gasteiger charge is -2.13. The van der Waals surface area contributed by atoms with E-state index in [0.717, 1.165) is 38.1 Å².